The zero-order valence-electron chi connectivity index (χ0n) is 6.66. The summed E-state index contributed by atoms with van der Waals surface area (Å²) in [5.41, 5.74) is 0. The number of hydrogen-bond acceptors (Lipinski definition) is 5. The Labute approximate surface area is 87.3 Å². The first-order chi connectivity index (χ1) is 6.25. The van der Waals surface area contributed by atoms with E-state index < -0.39 is 0 Å². The molecule has 7 heteroatoms. The number of piperazine rings is 1. The van der Waals surface area contributed by atoms with E-state index in [0.29, 0.717) is 13.1 Å². The van der Waals surface area contributed by atoms with Crippen LogP contribution in [0.15, 0.2) is 3.92 Å². The summed E-state index contributed by atoms with van der Waals surface area (Å²) >= 11 is 4.67. The molecule has 0 spiro atoms. The molecule has 1 aliphatic heterocycles. The summed E-state index contributed by atoms with van der Waals surface area (Å²) in [5.74, 6) is 0.0394. The van der Waals surface area contributed by atoms with E-state index in [1.807, 2.05) is 4.90 Å². The smallest absolute Gasteiger partial charge is 0.239 e. The summed E-state index contributed by atoms with van der Waals surface area (Å²) < 4.78 is 0.744. The summed E-state index contributed by atoms with van der Waals surface area (Å²) in [4.78, 5) is 13.0. The molecule has 0 unspecified atom stereocenters. The molecule has 1 amide bonds. The third-order valence-corrected chi connectivity index (χ3v) is 3.12. The van der Waals surface area contributed by atoms with Gasteiger partial charge >= 0.3 is 0 Å². The highest BCUT2D eigenvalue weighted by Gasteiger charge is 2.19. The Kier molecular flexibility index (Phi) is 2.45. The van der Waals surface area contributed by atoms with E-state index in [-0.39, 0.29) is 5.91 Å². The topological polar surface area (TPSA) is 58.1 Å². The van der Waals surface area contributed by atoms with Gasteiger partial charge in [-0.05, 0) is 15.9 Å². The van der Waals surface area contributed by atoms with Crippen molar-refractivity contribution in [3.63, 3.8) is 0 Å². The van der Waals surface area contributed by atoms with E-state index in [4.69, 9.17) is 0 Å². The van der Waals surface area contributed by atoms with Crippen LogP contribution in [0.4, 0.5) is 5.13 Å². The molecule has 1 N–H and O–H groups in total. The minimum absolute atomic E-state index is 0.0394. The van der Waals surface area contributed by atoms with Crippen molar-refractivity contribution >= 4 is 38.3 Å². The predicted octanol–water partition coefficient (Wildman–Crippen LogP) is 0.237. The predicted molar refractivity (Wildman–Crippen MR) is 52.8 cm³/mol. The van der Waals surface area contributed by atoms with Crippen molar-refractivity contribution in [2.75, 3.05) is 24.5 Å². The average Bonchev–Trinajstić information content (AvgIpc) is 2.52. The summed E-state index contributed by atoms with van der Waals surface area (Å²) in [6.45, 7) is 1.85. The zero-order chi connectivity index (χ0) is 9.26. The molecule has 0 atom stereocenters. The first-order valence-electron chi connectivity index (χ1n) is 3.76. The molecule has 1 aromatic rings. The lowest BCUT2D eigenvalue weighted by atomic mass is 10.4. The number of halogens is 1. The minimum Gasteiger partial charge on any atom is -0.353 e. The molecule has 0 aliphatic carbocycles. The number of anilines is 1. The third-order valence-electron chi connectivity index (χ3n) is 1.70. The number of hydrogen-bond donors (Lipinski definition) is 1. The van der Waals surface area contributed by atoms with Gasteiger partial charge in [-0.15, -0.1) is 10.2 Å². The number of rotatable bonds is 1. The van der Waals surface area contributed by atoms with Gasteiger partial charge in [0.05, 0.1) is 6.54 Å². The molecule has 1 saturated heterocycles. The van der Waals surface area contributed by atoms with Crippen molar-refractivity contribution in [2.45, 2.75) is 0 Å². The fourth-order valence-electron chi connectivity index (χ4n) is 1.13. The highest BCUT2D eigenvalue weighted by molar-refractivity contribution is 9.11. The summed E-state index contributed by atoms with van der Waals surface area (Å²) in [6.07, 6.45) is 0. The fourth-order valence-corrected chi connectivity index (χ4v) is 2.24. The van der Waals surface area contributed by atoms with Crippen LogP contribution in [0.3, 0.4) is 0 Å². The third kappa shape index (κ3) is 1.97. The first-order valence-corrected chi connectivity index (χ1v) is 5.37. The maximum atomic E-state index is 11.0. The molecule has 0 bridgehead atoms. The van der Waals surface area contributed by atoms with E-state index in [0.717, 1.165) is 15.6 Å². The van der Waals surface area contributed by atoms with Crippen LogP contribution in [0.5, 0.6) is 0 Å². The van der Waals surface area contributed by atoms with Gasteiger partial charge in [0.25, 0.3) is 0 Å². The monoisotopic (exact) mass is 262 g/mol. The number of carbonyl (C=O) groups is 1. The molecule has 13 heavy (non-hydrogen) atoms. The standard InChI is InChI=1S/C6H7BrN4OS/c7-5-9-10-6(13-5)11-2-1-8-4(12)3-11/h1-3H2,(H,8,12). The van der Waals surface area contributed by atoms with Crippen molar-refractivity contribution in [3.8, 4) is 0 Å². The lowest BCUT2D eigenvalue weighted by Crippen LogP contribution is -2.47. The highest BCUT2D eigenvalue weighted by atomic mass is 79.9. The molecule has 0 saturated carbocycles. The number of amides is 1. The Bertz CT molecular complexity index is 328. The van der Waals surface area contributed by atoms with Crippen molar-refractivity contribution in [3.05, 3.63) is 3.92 Å². The van der Waals surface area contributed by atoms with Gasteiger partial charge in [-0.25, -0.2) is 0 Å². The average molecular weight is 263 g/mol. The van der Waals surface area contributed by atoms with E-state index in [9.17, 15) is 4.79 Å². The Morgan fingerprint density at radius 3 is 3.00 bits per heavy atom. The second kappa shape index (κ2) is 3.59. The van der Waals surface area contributed by atoms with Crippen molar-refractivity contribution in [2.24, 2.45) is 0 Å². The second-order valence-corrected chi connectivity index (χ2v) is 4.84. The number of nitrogens with one attached hydrogen (secondary N) is 1. The first kappa shape index (κ1) is 8.89. The Balaban J connectivity index is 2.12. The van der Waals surface area contributed by atoms with Gasteiger partial charge in [-0.1, -0.05) is 11.3 Å². The Morgan fingerprint density at radius 1 is 1.54 bits per heavy atom. The summed E-state index contributed by atoms with van der Waals surface area (Å²) in [7, 11) is 0. The van der Waals surface area contributed by atoms with Gasteiger partial charge in [0.15, 0.2) is 3.92 Å². The molecule has 5 nitrogen and oxygen atoms in total. The largest absolute Gasteiger partial charge is 0.353 e. The second-order valence-electron chi connectivity index (χ2n) is 2.61. The van der Waals surface area contributed by atoms with Gasteiger partial charge in [0.2, 0.25) is 11.0 Å². The lowest BCUT2D eigenvalue weighted by Gasteiger charge is -2.25. The highest BCUT2D eigenvalue weighted by Crippen LogP contribution is 2.23. The van der Waals surface area contributed by atoms with Crippen LogP contribution in [0.25, 0.3) is 0 Å². The van der Waals surface area contributed by atoms with Gasteiger partial charge in [0.1, 0.15) is 0 Å². The van der Waals surface area contributed by atoms with Gasteiger partial charge in [0, 0.05) is 13.1 Å². The molecule has 2 heterocycles. The van der Waals surface area contributed by atoms with E-state index in [1.54, 1.807) is 0 Å². The lowest BCUT2D eigenvalue weighted by molar-refractivity contribution is -0.120. The molecular formula is C6H7BrN4OS. The SMILES string of the molecule is O=C1CN(c2nnc(Br)s2)CCN1. The van der Waals surface area contributed by atoms with E-state index in [2.05, 4.69) is 31.4 Å². The maximum absolute atomic E-state index is 11.0. The normalized spacial score (nSPS) is 17.3. The molecule has 2 rings (SSSR count). The maximum Gasteiger partial charge on any atom is 0.239 e. The molecule has 0 radical (unpaired) electrons. The van der Waals surface area contributed by atoms with Gasteiger partial charge in [-0.3, -0.25) is 4.79 Å². The van der Waals surface area contributed by atoms with Gasteiger partial charge in [-0.2, -0.15) is 0 Å². The quantitative estimate of drug-likeness (QED) is 0.788. The molecular weight excluding hydrogens is 256 g/mol. The molecule has 70 valence electrons. The molecule has 0 aromatic carbocycles. The van der Waals surface area contributed by atoms with Crippen LogP contribution >= 0.6 is 27.3 Å². The van der Waals surface area contributed by atoms with E-state index >= 15 is 0 Å². The van der Waals surface area contributed by atoms with Crippen molar-refractivity contribution in [1.29, 1.82) is 0 Å². The van der Waals surface area contributed by atoms with Crippen LogP contribution in [0.2, 0.25) is 0 Å². The Hall–Kier alpha value is -0.690. The van der Waals surface area contributed by atoms with Gasteiger partial charge < -0.3 is 10.2 Å². The Morgan fingerprint density at radius 2 is 2.38 bits per heavy atom. The van der Waals surface area contributed by atoms with Crippen molar-refractivity contribution in [1.82, 2.24) is 15.5 Å². The zero-order valence-corrected chi connectivity index (χ0v) is 9.06. The van der Waals surface area contributed by atoms with Crippen LogP contribution in [0, 0.1) is 0 Å². The number of nitrogens with zero attached hydrogens (tertiary/aromatic N) is 3. The summed E-state index contributed by atoms with van der Waals surface area (Å²) in [6, 6.07) is 0. The molecule has 1 aliphatic rings. The number of carbonyl (C=O) groups excluding carboxylic acids is 1. The minimum atomic E-state index is 0.0394. The summed E-state index contributed by atoms with van der Waals surface area (Å²) in [5, 5.41) is 11.3. The van der Waals surface area contributed by atoms with Crippen LogP contribution < -0.4 is 10.2 Å². The van der Waals surface area contributed by atoms with Crippen LogP contribution in [-0.2, 0) is 4.79 Å². The number of aromatic nitrogens is 2. The van der Waals surface area contributed by atoms with E-state index in [1.165, 1.54) is 11.3 Å². The molecule has 1 aromatic heterocycles. The fraction of sp³-hybridized carbons (Fsp3) is 0.500. The van der Waals surface area contributed by atoms with Crippen molar-refractivity contribution < 1.29 is 4.79 Å². The molecule has 1 fully saturated rings. The van der Waals surface area contributed by atoms with Crippen LogP contribution in [0.1, 0.15) is 0 Å². The van der Waals surface area contributed by atoms with Crippen LogP contribution in [-0.4, -0.2) is 35.7 Å².